The van der Waals surface area contributed by atoms with Crippen LogP contribution in [-0.2, 0) is 31.4 Å². The lowest BCUT2D eigenvalue weighted by atomic mass is 10.4. The lowest BCUT2D eigenvalue weighted by Gasteiger charge is -2.21. The van der Waals surface area contributed by atoms with E-state index in [1.165, 1.54) is 21.6 Å². The number of amides is 1. The number of nitrogens with one attached hydrogen (secondary N) is 2. The van der Waals surface area contributed by atoms with E-state index in [0.29, 0.717) is 17.8 Å². The molecule has 0 bridgehead atoms. The van der Waals surface area contributed by atoms with Gasteiger partial charge in [0.15, 0.2) is 0 Å². The van der Waals surface area contributed by atoms with Crippen LogP contribution in [0, 0.1) is 13.8 Å². The topological polar surface area (TPSA) is 133 Å². The number of aromatic amines is 1. The summed E-state index contributed by atoms with van der Waals surface area (Å²) in [6, 6.07) is 3.20. The third-order valence-electron chi connectivity index (χ3n) is 4.81. The molecular formula is C17H25N5O5S3. The van der Waals surface area contributed by atoms with Crippen LogP contribution in [-0.4, -0.2) is 67.7 Å². The van der Waals surface area contributed by atoms with Gasteiger partial charge in [0.1, 0.15) is 9.10 Å². The van der Waals surface area contributed by atoms with Gasteiger partial charge in [-0.3, -0.25) is 9.89 Å². The molecule has 0 aromatic carbocycles. The van der Waals surface area contributed by atoms with Crippen molar-refractivity contribution >= 4 is 37.3 Å². The zero-order valence-electron chi connectivity index (χ0n) is 17.0. The van der Waals surface area contributed by atoms with Gasteiger partial charge < -0.3 is 5.32 Å². The molecule has 2 aromatic heterocycles. The van der Waals surface area contributed by atoms with E-state index in [0.717, 1.165) is 16.2 Å². The fourth-order valence-electron chi connectivity index (χ4n) is 3.33. The maximum absolute atomic E-state index is 13.1. The number of carbonyl (C=O) groups is 1. The van der Waals surface area contributed by atoms with Crippen LogP contribution < -0.4 is 5.32 Å². The van der Waals surface area contributed by atoms with Gasteiger partial charge in [0.2, 0.25) is 15.9 Å². The van der Waals surface area contributed by atoms with Crippen LogP contribution in [0.15, 0.2) is 21.2 Å². The van der Waals surface area contributed by atoms with Crippen LogP contribution in [0.1, 0.15) is 29.6 Å². The van der Waals surface area contributed by atoms with Crippen molar-refractivity contribution < 1.29 is 21.6 Å². The SMILES string of the molecule is CC(=O)NCc1ccc(S(=O)(=O)N2CCCN(S(=O)(=O)c3c(C)n[nH]c3C)CC2)s1. The minimum absolute atomic E-state index is 0.0652. The van der Waals surface area contributed by atoms with E-state index in [9.17, 15) is 21.6 Å². The second-order valence-corrected chi connectivity index (χ2v) is 12.3. The Morgan fingerprint density at radius 3 is 2.30 bits per heavy atom. The first-order chi connectivity index (χ1) is 14.0. The maximum Gasteiger partial charge on any atom is 0.252 e. The Kier molecular flexibility index (Phi) is 6.67. The molecular weight excluding hydrogens is 450 g/mol. The molecule has 0 unspecified atom stereocenters. The van der Waals surface area contributed by atoms with Gasteiger partial charge in [-0.1, -0.05) is 0 Å². The Morgan fingerprint density at radius 2 is 1.73 bits per heavy atom. The first-order valence-corrected chi connectivity index (χ1v) is 13.1. The summed E-state index contributed by atoms with van der Waals surface area (Å²) in [5.74, 6) is -0.190. The first-order valence-electron chi connectivity index (χ1n) is 9.38. The van der Waals surface area contributed by atoms with Crippen molar-refractivity contribution in [3.8, 4) is 0 Å². The summed E-state index contributed by atoms with van der Waals surface area (Å²) < 4.78 is 55.1. The second-order valence-electron chi connectivity index (χ2n) is 7.06. The van der Waals surface area contributed by atoms with E-state index in [1.54, 1.807) is 19.9 Å². The maximum atomic E-state index is 13.1. The van der Waals surface area contributed by atoms with E-state index >= 15 is 0 Å². The van der Waals surface area contributed by atoms with Crippen molar-refractivity contribution in [2.75, 3.05) is 26.2 Å². The average Bonchev–Trinajstić information content (AvgIpc) is 3.18. The van der Waals surface area contributed by atoms with Crippen LogP contribution in [0.4, 0.5) is 0 Å². The molecule has 0 aliphatic carbocycles. The first kappa shape index (κ1) is 22.9. The van der Waals surface area contributed by atoms with Crippen molar-refractivity contribution in [2.45, 2.75) is 42.8 Å². The molecule has 1 fully saturated rings. The molecule has 1 saturated heterocycles. The molecule has 1 aliphatic rings. The van der Waals surface area contributed by atoms with Crippen molar-refractivity contribution in [1.29, 1.82) is 0 Å². The highest BCUT2D eigenvalue weighted by molar-refractivity contribution is 7.91. The summed E-state index contributed by atoms with van der Waals surface area (Å²) in [5.41, 5.74) is 0.859. The van der Waals surface area contributed by atoms with Crippen molar-refractivity contribution in [2.24, 2.45) is 0 Å². The molecule has 1 amide bonds. The van der Waals surface area contributed by atoms with E-state index in [-0.39, 0.29) is 47.7 Å². The van der Waals surface area contributed by atoms with E-state index in [2.05, 4.69) is 15.5 Å². The number of H-pyrrole nitrogens is 1. The summed E-state index contributed by atoms with van der Waals surface area (Å²) in [6.45, 7) is 5.54. The zero-order valence-corrected chi connectivity index (χ0v) is 19.5. The molecule has 2 N–H and O–H groups in total. The number of nitrogens with zero attached hydrogens (tertiary/aromatic N) is 3. The molecule has 0 atom stereocenters. The third-order valence-corrected chi connectivity index (χ3v) is 10.4. The summed E-state index contributed by atoms with van der Waals surface area (Å²) in [5, 5.41) is 9.29. The number of carbonyl (C=O) groups excluding carboxylic acids is 1. The van der Waals surface area contributed by atoms with E-state index in [1.807, 2.05) is 0 Å². The Bertz CT molecular complexity index is 1120. The van der Waals surface area contributed by atoms with Gasteiger partial charge in [0, 0.05) is 38.0 Å². The Hall–Kier alpha value is -1.80. The Balaban J connectivity index is 1.75. The Labute approximate surface area is 180 Å². The van der Waals surface area contributed by atoms with Gasteiger partial charge in [0.05, 0.1) is 17.9 Å². The molecule has 30 heavy (non-hydrogen) atoms. The number of rotatable bonds is 6. The molecule has 13 heteroatoms. The molecule has 0 spiro atoms. The number of hydrogen-bond acceptors (Lipinski definition) is 7. The minimum atomic E-state index is -3.77. The van der Waals surface area contributed by atoms with Gasteiger partial charge in [-0.2, -0.15) is 13.7 Å². The monoisotopic (exact) mass is 475 g/mol. The Morgan fingerprint density at radius 1 is 1.10 bits per heavy atom. The van der Waals surface area contributed by atoms with Gasteiger partial charge in [-0.15, -0.1) is 11.3 Å². The predicted molar refractivity (Wildman–Crippen MR) is 112 cm³/mol. The molecule has 1 aliphatic heterocycles. The smallest absolute Gasteiger partial charge is 0.252 e. The van der Waals surface area contributed by atoms with Crippen LogP contribution in [0.2, 0.25) is 0 Å². The third kappa shape index (κ3) is 4.59. The quantitative estimate of drug-likeness (QED) is 0.635. The molecule has 166 valence electrons. The summed E-state index contributed by atoms with van der Waals surface area (Å²) >= 11 is 1.10. The highest BCUT2D eigenvalue weighted by atomic mass is 32.2. The molecule has 10 nitrogen and oxygen atoms in total. The molecule has 0 radical (unpaired) electrons. The molecule has 3 rings (SSSR count). The number of thiophene rings is 1. The van der Waals surface area contributed by atoms with E-state index < -0.39 is 20.0 Å². The largest absolute Gasteiger partial charge is 0.351 e. The fraction of sp³-hybridized carbons (Fsp3) is 0.529. The molecule has 3 heterocycles. The van der Waals surface area contributed by atoms with Gasteiger partial charge in [-0.05, 0) is 32.4 Å². The number of hydrogen-bond donors (Lipinski definition) is 2. The number of sulfonamides is 2. The molecule has 2 aromatic rings. The van der Waals surface area contributed by atoms with Crippen LogP contribution in [0.25, 0.3) is 0 Å². The minimum Gasteiger partial charge on any atom is -0.351 e. The standard InChI is InChI=1S/C17H25N5O5S3/c1-12-17(13(2)20-19-12)30(26,27)22-8-4-7-21(9-10-22)29(24,25)16-6-5-15(28-16)11-18-14(3)23/h5-6H,4,7-11H2,1-3H3,(H,18,23)(H,19,20). The van der Waals surface area contributed by atoms with Gasteiger partial charge in [-0.25, -0.2) is 16.8 Å². The summed E-state index contributed by atoms with van der Waals surface area (Å²) in [4.78, 5) is 11.9. The fourth-order valence-corrected chi connectivity index (χ4v) is 8.05. The van der Waals surface area contributed by atoms with Crippen LogP contribution >= 0.6 is 11.3 Å². The highest BCUT2D eigenvalue weighted by Gasteiger charge is 2.34. The van der Waals surface area contributed by atoms with Gasteiger partial charge in [0.25, 0.3) is 10.0 Å². The number of aromatic nitrogens is 2. The van der Waals surface area contributed by atoms with Crippen molar-refractivity contribution in [3.63, 3.8) is 0 Å². The van der Waals surface area contributed by atoms with Crippen molar-refractivity contribution in [3.05, 3.63) is 28.4 Å². The van der Waals surface area contributed by atoms with E-state index in [4.69, 9.17) is 0 Å². The van der Waals surface area contributed by atoms with Crippen LogP contribution in [0.3, 0.4) is 0 Å². The summed E-state index contributed by atoms with van der Waals surface area (Å²) in [7, 11) is -7.51. The number of aryl methyl sites for hydroxylation is 2. The highest BCUT2D eigenvalue weighted by Crippen LogP contribution is 2.27. The lowest BCUT2D eigenvalue weighted by molar-refractivity contribution is -0.119. The second kappa shape index (κ2) is 8.75. The zero-order chi connectivity index (χ0) is 22.1. The normalized spacial score (nSPS) is 17.0. The average molecular weight is 476 g/mol. The van der Waals surface area contributed by atoms with Crippen molar-refractivity contribution in [1.82, 2.24) is 24.1 Å². The molecule has 0 saturated carbocycles. The van der Waals surface area contributed by atoms with Crippen LogP contribution in [0.5, 0.6) is 0 Å². The lowest BCUT2D eigenvalue weighted by Crippen LogP contribution is -2.37. The van der Waals surface area contributed by atoms with Gasteiger partial charge >= 0.3 is 0 Å². The summed E-state index contributed by atoms with van der Waals surface area (Å²) in [6.07, 6.45) is 0.387. The predicted octanol–water partition coefficient (Wildman–Crippen LogP) is 0.809.